The Hall–Kier alpha value is -1.78. The van der Waals surface area contributed by atoms with Gasteiger partial charge in [0.15, 0.2) is 5.13 Å². The van der Waals surface area contributed by atoms with Crippen molar-refractivity contribution in [3.05, 3.63) is 60.7 Å². The molecule has 0 aliphatic carbocycles. The third-order valence-electron chi connectivity index (χ3n) is 3.98. The van der Waals surface area contributed by atoms with Gasteiger partial charge < -0.3 is 4.90 Å². The standard InChI is InChI=1S/C19H18N2S2/c1-3-7-15(8-4-1)17-18(16-9-5-2-6-10-16)23-19(20-17)21-11-13-22-14-12-21/h1-10H,11-14H2. The van der Waals surface area contributed by atoms with Gasteiger partial charge in [-0.2, -0.15) is 11.8 Å². The normalized spacial score (nSPS) is 14.9. The number of anilines is 1. The molecule has 0 radical (unpaired) electrons. The van der Waals surface area contributed by atoms with Crippen molar-refractivity contribution in [2.45, 2.75) is 0 Å². The first-order chi connectivity index (χ1) is 11.4. The van der Waals surface area contributed by atoms with Gasteiger partial charge in [-0.25, -0.2) is 4.98 Å². The number of aromatic nitrogens is 1. The summed E-state index contributed by atoms with van der Waals surface area (Å²) in [5.41, 5.74) is 3.55. The molecule has 2 heterocycles. The maximum Gasteiger partial charge on any atom is 0.186 e. The van der Waals surface area contributed by atoms with Crippen LogP contribution < -0.4 is 4.90 Å². The van der Waals surface area contributed by atoms with Crippen LogP contribution in [0.3, 0.4) is 0 Å². The highest BCUT2D eigenvalue weighted by Gasteiger charge is 2.20. The molecule has 1 aliphatic heterocycles. The highest BCUT2D eigenvalue weighted by Crippen LogP contribution is 2.40. The molecule has 3 aromatic rings. The van der Waals surface area contributed by atoms with E-state index in [4.69, 9.17) is 4.98 Å². The van der Waals surface area contributed by atoms with Crippen molar-refractivity contribution in [2.75, 3.05) is 29.5 Å². The van der Waals surface area contributed by atoms with Gasteiger partial charge in [-0.15, -0.1) is 0 Å². The molecular weight excluding hydrogens is 320 g/mol. The van der Waals surface area contributed by atoms with Crippen molar-refractivity contribution in [1.29, 1.82) is 0 Å². The van der Waals surface area contributed by atoms with E-state index in [9.17, 15) is 0 Å². The van der Waals surface area contributed by atoms with E-state index in [1.165, 1.54) is 27.5 Å². The summed E-state index contributed by atoms with van der Waals surface area (Å²) < 4.78 is 0. The number of thiazole rings is 1. The summed E-state index contributed by atoms with van der Waals surface area (Å²) in [4.78, 5) is 8.71. The van der Waals surface area contributed by atoms with E-state index >= 15 is 0 Å². The second-order valence-electron chi connectivity index (χ2n) is 5.51. The third-order valence-corrected chi connectivity index (χ3v) is 6.09. The average molecular weight is 339 g/mol. The Kier molecular flexibility index (Phi) is 4.35. The zero-order valence-electron chi connectivity index (χ0n) is 12.8. The maximum absolute atomic E-state index is 5.02. The summed E-state index contributed by atoms with van der Waals surface area (Å²) in [6.07, 6.45) is 0. The molecule has 23 heavy (non-hydrogen) atoms. The second-order valence-corrected chi connectivity index (χ2v) is 7.71. The van der Waals surface area contributed by atoms with Crippen LogP contribution in [0.25, 0.3) is 21.7 Å². The van der Waals surface area contributed by atoms with E-state index in [0.29, 0.717) is 0 Å². The first kappa shape index (κ1) is 14.8. The summed E-state index contributed by atoms with van der Waals surface area (Å²) >= 11 is 3.85. The highest BCUT2D eigenvalue weighted by molar-refractivity contribution is 7.99. The fourth-order valence-electron chi connectivity index (χ4n) is 2.78. The zero-order valence-corrected chi connectivity index (χ0v) is 14.4. The van der Waals surface area contributed by atoms with Crippen molar-refractivity contribution in [3.8, 4) is 21.7 Å². The molecule has 2 aromatic carbocycles. The molecule has 1 aliphatic rings. The molecule has 0 unspecified atom stereocenters. The fourth-order valence-corrected chi connectivity index (χ4v) is 4.82. The van der Waals surface area contributed by atoms with Crippen LogP contribution in [0.2, 0.25) is 0 Å². The maximum atomic E-state index is 5.02. The Labute approximate surface area is 145 Å². The summed E-state index contributed by atoms with van der Waals surface area (Å²) in [6, 6.07) is 21.1. The summed E-state index contributed by atoms with van der Waals surface area (Å²) in [7, 11) is 0. The van der Waals surface area contributed by atoms with Crippen LogP contribution in [0.1, 0.15) is 0 Å². The van der Waals surface area contributed by atoms with Gasteiger partial charge in [0.05, 0.1) is 10.6 Å². The Morgan fingerprint density at radius 2 is 1.39 bits per heavy atom. The van der Waals surface area contributed by atoms with E-state index in [2.05, 4.69) is 65.6 Å². The largest absolute Gasteiger partial charge is 0.346 e. The minimum atomic E-state index is 1.10. The fraction of sp³-hybridized carbons (Fsp3) is 0.211. The molecule has 4 heteroatoms. The van der Waals surface area contributed by atoms with E-state index < -0.39 is 0 Å². The predicted molar refractivity (Wildman–Crippen MR) is 103 cm³/mol. The van der Waals surface area contributed by atoms with E-state index in [1.54, 1.807) is 0 Å². The molecule has 1 saturated heterocycles. The van der Waals surface area contributed by atoms with Crippen molar-refractivity contribution in [1.82, 2.24) is 4.98 Å². The van der Waals surface area contributed by atoms with Gasteiger partial charge in [-0.3, -0.25) is 0 Å². The van der Waals surface area contributed by atoms with Crippen LogP contribution >= 0.6 is 23.1 Å². The Bertz CT molecular complexity index is 706. The third kappa shape index (κ3) is 3.14. The monoisotopic (exact) mass is 338 g/mol. The highest BCUT2D eigenvalue weighted by atomic mass is 32.2. The number of nitrogens with zero attached hydrogens (tertiary/aromatic N) is 2. The van der Waals surface area contributed by atoms with Gasteiger partial charge in [0.2, 0.25) is 0 Å². The minimum Gasteiger partial charge on any atom is -0.346 e. The summed E-state index contributed by atoms with van der Waals surface area (Å²) in [5.74, 6) is 2.39. The molecule has 0 saturated carbocycles. The van der Waals surface area contributed by atoms with Gasteiger partial charge in [-0.05, 0) is 5.56 Å². The topological polar surface area (TPSA) is 16.1 Å². The molecule has 0 atom stereocenters. The molecule has 0 amide bonds. The van der Waals surface area contributed by atoms with Gasteiger partial charge in [0, 0.05) is 30.2 Å². The van der Waals surface area contributed by atoms with E-state index in [0.717, 1.165) is 23.9 Å². The Balaban J connectivity index is 1.81. The van der Waals surface area contributed by atoms with Gasteiger partial charge in [0.25, 0.3) is 0 Å². The summed E-state index contributed by atoms with van der Waals surface area (Å²) in [6.45, 7) is 2.20. The molecule has 0 N–H and O–H groups in total. The molecule has 1 aromatic heterocycles. The number of thioether (sulfide) groups is 1. The van der Waals surface area contributed by atoms with Crippen LogP contribution in [0.5, 0.6) is 0 Å². The van der Waals surface area contributed by atoms with Gasteiger partial charge in [0.1, 0.15) is 0 Å². The Morgan fingerprint density at radius 1 is 0.783 bits per heavy atom. The number of rotatable bonds is 3. The van der Waals surface area contributed by atoms with Crippen LogP contribution in [0, 0.1) is 0 Å². The van der Waals surface area contributed by atoms with Crippen molar-refractivity contribution >= 4 is 28.2 Å². The lowest BCUT2D eigenvalue weighted by molar-refractivity contribution is 0.853. The van der Waals surface area contributed by atoms with Crippen molar-refractivity contribution < 1.29 is 0 Å². The number of hydrogen-bond acceptors (Lipinski definition) is 4. The van der Waals surface area contributed by atoms with Crippen LogP contribution in [-0.2, 0) is 0 Å². The zero-order chi connectivity index (χ0) is 15.5. The second kappa shape index (κ2) is 6.77. The summed E-state index contributed by atoms with van der Waals surface area (Å²) in [5, 5.41) is 1.16. The molecule has 2 nitrogen and oxygen atoms in total. The van der Waals surface area contributed by atoms with Gasteiger partial charge >= 0.3 is 0 Å². The molecule has 116 valence electrons. The van der Waals surface area contributed by atoms with Crippen LogP contribution in [0.4, 0.5) is 5.13 Å². The first-order valence-electron chi connectivity index (χ1n) is 7.86. The number of hydrogen-bond donors (Lipinski definition) is 0. The Morgan fingerprint density at radius 3 is 2.04 bits per heavy atom. The molecular formula is C19H18N2S2. The predicted octanol–water partition coefficient (Wildman–Crippen LogP) is 5.03. The molecule has 4 rings (SSSR count). The van der Waals surface area contributed by atoms with Crippen molar-refractivity contribution in [2.24, 2.45) is 0 Å². The quantitative estimate of drug-likeness (QED) is 0.666. The molecule has 0 bridgehead atoms. The van der Waals surface area contributed by atoms with Gasteiger partial charge in [-0.1, -0.05) is 72.0 Å². The van der Waals surface area contributed by atoms with E-state index in [-0.39, 0.29) is 0 Å². The lowest BCUT2D eigenvalue weighted by Gasteiger charge is -2.25. The van der Waals surface area contributed by atoms with E-state index in [1.807, 2.05) is 23.1 Å². The SMILES string of the molecule is c1ccc(-c2nc(N3CCSCC3)sc2-c2ccccc2)cc1. The lowest BCUT2D eigenvalue weighted by atomic mass is 10.1. The van der Waals surface area contributed by atoms with Crippen LogP contribution in [0.15, 0.2) is 60.7 Å². The smallest absolute Gasteiger partial charge is 0.186 e. The van der Waals surface area contributed by atoms with Crippen molar-refractivity contribution in [3.63, 3.8) is 0 Å². The molecule has 1 fully saturated rings. The number of benzene rings is 2. The lowest BCUT2D eigenvalue weighted by Crippen LogP contribution is -2.32. The first-order valence-corrected chi connectivity index (χ1v) is 9.83. The molecule has 0 spiro atoms. The minimum absolute atomic E-state index is 1.10. The average Bonchev–Trinajstić information content (AvgIpc) is 3.09. The van der Waals surface area contributed by atoms with Crippen LogP contribution in [-0.4, -0.2) is 29.6 Å².